The third-order valence-electron chi connectivity index (χ3n) is 5.57. The topological polar surface area (TPSA) is 49.9 Å². The molecular formula is C22H25FN2O3S. The number of fused-ring (bicyclic) bond motifs is 1. The van der Waals surface area contributed by atoms with Gasteiger partial charge >= 0.3 is 0 Å². The summed E-state index contributed by atoms with van der Waals surface area (Å²) in [5.74, 6) is 0.492. The fourth-order valence-electron chi connectivity index (χ4n) is 3.78. The molecule has 2 aliphatic rings. The van der Waals surface area contributed by atoms with Crippen LogP contribution in [-0.4, -0.2) is 47.9 Å². The number of carbonyl (C=O) groups is 2. The van der Waals surface area contributed by atoms with Crippen molar-refractivity contribution in [2.24, 2.45) is 5.92 Å². The molecule has 1 aromatic carbocycles. The molecular weight excluding hydrogens is 391 g/mol. The first kappa shape index (κ1) is 19.9. The highest BCUT2D eigenvalue weighted by atomic mass is 32.1. The molecule has 1 aliphatic heterocycles. The number of halogens is 1. The van der Waals surface area contributed by atoms with E-state index in [-0.39, 0.29) is 36.8 Å². The maximum atomic E-state index is 13.5. The van der Waals surface area contributed by atoms with Gasteiger partial charge in [-0.05, 0) is 54.3 Å². The molecule has 0 saturated heterocycles. The van der Waals surface area contributed by atoms with Gasteiger partial charge in [0.25, 0.3) is 0 Å². The molecule has 2 heterocycles. The van der Waals surface area contributed by atoms with E-state index in [4.69, 9.17) is 4.74 Å². The maximum absolute atomic E-state index is 13.5. The van der Waals surface area contributed by atoms with Crippen molar-refractivity contribution in [2.45, 2.75) is 32.2 Å². The number of carbonyl (C=O) groups excluding carboxylic acids is 2. The summed E-state index contributed by atoms with van der Waals surface area (Å²) in [5.41, 5.74) is 1.09. The van der Waals surface area contributed by atoms with Crippen molar-refractivity contribution >= 4 is 23.2 Å². The van der Waals surface area contributed by atoms with Gasteiger partial charge in [0.15, 0.2) is 0 Å². The van der Waals surface area contributed by atoms with E-state index in [1.807, 2.05) is 16.3 Å². The van der Waals surface area contributed by atoms with E-state index in [9.17, 15) is 14.0 Å². The van der Waals surface area contributed by atoms with E-state index >= 15 is 0 Å². The van der Waals surface area contributed by atoms with Crippen molar-refractivity contribution in [3.63, 3.8) is 0 Å². The molecule has 0 radical (unpaired) electrons. The van der Waals surface area contributed by atoms with Gasteiger partial charge in [-0.25, -0.2) is 4.39 Å². The zero-order chi connectivity index (χ0) is 20.4. The second-order valence-corrected chi connectivity index (χ2v) is 8.76. The van der Waals surface area contributed by atoms with Crippen molar-refractivity contribution in [1.82, 2.24) is 9.80 Å². The third-order valence-corrected chi connectivity index (χ3v) is 6.56. The smallest absolute Gasteiger partial charge is 0.242 e. The van der Waals surface area contributed by atoms with Gasteiger partial charge in [0.2, 0.25) is 11.8 Å². The molecule has 2 aromatic rings. The van der Waals surface area contributed by atoms with Crippen LogP contribution in [0.4, 0.5) is 4.39 Å². The highest BCUT2D eigenvalue weighted by Gasteiger charge is 2.34. The normalized spacial score (nSPS) is 18.3. The lowest BCUT2D eigenvalue weighted by Crippen LogP contribution is -2.47. The zero-order valence-electron chi connectivity index (χ0n) is 16.5. The standard InChI is InChI=1S/C22H25FN2O3S/c1-15(26)24(12-16-5-6-16)13-22(27)25-9-7-21-19(8-10-29-21)20(25)14-28-18-4-2-3-17(23)11-18/h2-4,8,10-11,16,20H,5-7,9,12-14H2,1H3/t20-/m1/s1. The zero-order valence-corrected chi connectivity index (χ0v) is 17.3. The van der Waals surface area contributed by atoms with Gasteiger partial charge < -0.3 is 14.5 Å². The molecule has 0 N–H and O–H groups in total. The summed E-state index contributed by atoms with van der Waals surface area (Å²) in [6, 6.07) is 7.82. The van der Waals surface area contributed by atoms with E-state index in [0.717, 1.165) is 24.8 Å². The van der Waals surface area contributed by atoms with E-state index in [1.165, 1.54) is 23.9 Å². The Morgan fingerprint density at radius 2 is 2.14 bits per heavy atom. The quantitative estimate of drug-likeness (QED) is 0.692. The summed E-state index contributed by atoms with van der Waals surface area (Å²) in [7, 11) is 0. The fourth-order valence-corrected chi connectivity index (χ4v) is 4.71. The number of rotatable bonds is 7. The van der Waals surface area contributed by atoms with Gasteiger partial charge in [0.1, 0.15) is 18.2 Å². The predicted octanol–water partition coefficient (Wildman–Crippen LogP) is 3.65. The van der Waals surface area contributed by atoms with E-state index in [0.29, 0.717) is 24.8 Å². The molecule has 1 saturated carbocycles. The number of ether oxygens (including phenoxy) is 1. The highest BCUT2D eigenvalue weighted by molar-refractivity contribution is 7.10. The molecule has 0 unspecified atom stereocenters. The molecule has 5 nitrogen and oxygen atoms in total. The first-order valence-corrected chi connectivity index (χ1v) is 10.9. The Hall–Kier alpha value is -2.41. The average Bonchev–Trinajstić information content (AvgIpc) is 3.38. The van der Waals surface area contributed by atoms with E-state index in [1.54, 1.807) is 28.4 Å². The Kier molecular flexibility index (Phi) is 5.85. The monoisotopic (exact) mass is 416 g/mol. The maximum Gasteiger partial charge on any atom is 0.242 e. The van der Waals surface area contributed by atoms with Crippen molar-refractivity contribution in [1.29, 1.82) is 0 Å². The van der Waals surface area contributed by atoms with Crippen LogP contribution in [0.1, 0.15) is 36.2 Å². The van der Waals surface area contributed by atoms with E-state index in [2.05, 4.69) is 0 Å². The molecule has 1 aromatic heterocycles. The van der Waals surface area contributed by atoms with Crippen LogP contribution in [0, 0.1) is 11.7 Å². The number of benzene rings is 1. The summed E-state index contributed by atoms with van der Waals surface area (Å²) in [4.78, 5) is 29.9. The lowest BCUT2D eigenvalue weighted by atomic mass is 10.0. The molecule has 1 fully saturated rings. The Balaban J connectivity index is 1.49. The van der Waals surface area contributed by atoms with Gasteiger partial charge in [0, 0.05) is 31.0 Å². The highest BCUT2D eigenvalue weighted by Crippen LogP contribution is 2.34. The molecule has 154 valence electrons. The predicted molar refractivity (Wildman–Crippen MR) is 109 cm³/mol. The molecule has 7 heteroatoms. The molecule has 1 aliphatic carbocycles. The SMILES string of the molecule is CC(=O)N(CC(=O)N1CCc2sccc2[C@H]1COc1cccc(F)c1)CC1CC1. The Labute approximate surface area is 174 Å². The first-order chi connectivity index (χ1) is 14.0. The number of thiophene rings is 1. The largest absolute Gasteiger partial charge is 0.491 e. The van der Waals surface area contributed by atoms with Crippen molar-refractivity contribution < 1.29 is 18.7 Å². The molecule has 0 bridgehead atoms. The Morgan fingerprint density at radius 1 is 1.31 bits per heavy atom. The minimum absolute atomic E-state index is 0.0638. The molecule has 1 atom stereocenters. The number of hydrogen-bond acceptors (Lipinski definition) is 4. The summed E-state index contributed by atoms with van der Waals surface area (Å²) in [6.07, 6.45) is 3.06. The molecule has 4 rings (SSSR count). The van der Waals surface area contributed by atoms with Crippen molar-refractivity contribution in [2.75, 3.05) is 26.2 Å². The molecule has 0 spiro atoms. The average molecular weight is 417 g/mol. The second-order valence-electron chi connectivity index (χ2n) is 7.76. The Bertz CT molecular complexity index is 896. The summed E-state index contributed by atoms with van der Waals surface area (Å²) >= 11 is 1.68. The lowest BCUT2D eigenvalue weighted by molar-refractivity contribution is -0.142. The van der Waals surface area contributed by atoms with Crippen LogP contribution >= 0.6 is 11.3 Å². The molecule has 2 amide bonds. The van der Waals surface area contributed by atoms with Gasteiger partial charge in [-0.1, -0.05) is 6.07 Å². The van der Waals surface area contributed by atoms with Gasteiger partial charge in [-0.2, -0.15) is 0 Å². The summed E-state index contributed by atoms with van der Waals surface area (Å²) in [6.45, 7) is 3.12. The van der Waals surface area contributed by atoms with Crippen LogP contribution in [-0.2, 0) is 16.0 Å². The second kappa shape index (κ2) is 8.53. The minimum atomic E-state index is -0.354. The number of nitrogens with zero attached hydrogens (tertiary/aromatic N) is 2. The van der Waals surface area contributed by atoms with Crippen LogP contribution in [0.25, 0.3) is 0 Å². The summed E-state index contributed by atoms with van der Waals surface area (Å²) < 4.78 is 19.3. The number of amides is 2. The van der Waals surface area contributed by atoms with E-state index < -0.39 is 0 Å². The van der Waals surface area contributed by atoms with Crippen LogP contribution in [0.2, 0.25) is 0 Å². The van der Waals surface area contributed by atoms with Gasteiger partial charge in [-0.15, -0.1) is 11.3 Å². The number of hydrogen-bond donors (Lipinski definition) is 0. The Morgan fingerprint density at radius 3 is 2.86 bits per heavy atom. The van der Waals surface area contributed by atoms with Crippen LogP contribution in [0.5, 0.6) is 5.75 Å². The van der Waals surface area contributed by atoms with Crippen LogP contribution in [0.3, 0.4) is 0 Å². The van der Waals surface area contributed by atoms with Crippen molar-refractivity contribution in [3.8, 4) is 5.75 Å². The third kappa shape index (κ3) is 4.78. The molecule has 29 heavy (non-hydrogen) atoms. The van der Waals surface area contributed by atoms with Gasteiger partial charge in [-0.3, -0.25) is 9.59 Å². The fraction of sp³-hybridized carbons (Fsp3) is 0.455. The lowest BCUT2D eigenvalue weighted by Gasteiger charge is -2.37. The summed E-state index contributed by atoms with van der Waals surface area (Å²) in [5, 5.41) is 2.03. The van der Waals surface area contributed by atoms with Crippen LogP contribution in [0.15, 0.2) is 35.7 Å². The minimum Gasteiger partial charge on any atom is -0.491 e. The van der Waals surface area contributed by atoms with Crippen LogP contribution < -0.4 is 4.74 Å². The first-order valence-electron chi connectivity index (χ1n) is 10.0. The van der Waals surface area contributed by atoms with Crippen molar-refractivity contribution in [3.05, 3.63) is 52.0 Å². The van der Waals surface area contributed by atoms with Gasteiger partial charge in [0.05, 0.1) is 12.6 Å².